The highest BCUT2D eigenvalue weighted by molar-refractivity contribution is 6.06. The van der Waals surface area contributed by atoms with Crippen molar-refractivity contribution in [1.29, 1.82) is 0 Å². The molecule has 0 spiro atoms. The lowest BCUT2D eigenvalue weighted by Gasteiger charge is -2.13. The third-order valence-electron chi connectivity index (χ3n) is 5.06. The van der Waals surface area contributed by atoms with Crippen molar-refractivity contribution in [3.63, 3.8) is 0 Å². The van der Waals surface area contributed by atoms with Gasteiger partial charge in [-0.1, -0.05) is 73.8 Å². The van der Waals surface area contributed by atoms with E-state index in [0.717, 1.165) is 32.9 Å². The van der Waals surface area contributed by atoms with Crippen LogP contribution < -0.4 is 19.9 Å². The van der Waals surface area contributed by atoms with Crippen LogP contribution in [0.15, 0.2) is 91.0 Å². The minimum atomic E-state index is -0.0978. The van der Waals surface area contributed by atoms with Crippen molar-refractivity contribution in [2.24, 2.45) is 0 Å². The van der Waals surface area contributed by atoms with Crippen LogP contribution in [-0.2, 0) is 6.61 Å². The van der Waals surface area contributed by atoms with Crippen molar-refractivity contribution < 1.29 is 15.7 Å². The molecule has 3 nitrogen and oxygen atoms in total. The molecule has 0 aliphatic rings. The van der Waals surface area contributed by atoms with Crippen LogP contribution in [0.2, 0.25) is 0 Å². The quantitative estimate of drug-likeness (QED) is 0.339. The highest BCUT2D eigenvalue weighted by Gasteiger charge is 2.12. The average molecular weight is 427 g/mol. The summed E-state index contributed by atoms with van der Waals surface area (Å²) in [7, 11) is 0. The van der Waals surface area contributed by atoms with Crippen LogP contribution >= 0.6 is 0 Å². The average Bonchev–Trinajstić information content (AvgIpc) is 2.80. The van der Waals surface area contributed by atoms with Gasteiger partial charge in [-0.25, -0.2) is 0 Å². The molecule has 0 aliphatic carbocycles. The predicted molar refractivity (Wildman–Crippen MR) is 134 cm³/mol. The lowest BCUT2D eigenvalue weighted by Crippen LogP contribution is -2.21. The van der Waals surface area contributed by atoms with Crippen molar-refractivity contribution >= 4 is 18.4 Å². The molecule has 3 aromatic carbocycles. The topological polar surface area (TPSA) is 35.5 Å². The first kappa shape index (κ1) is 22.8. The van der Waals surface area contributed by atoms with Gasteiger partial charge in [0.15, 0.2) is 5.78 Å². The zero-order chi connectivity index (χ0) is 22.9. The molecule has 3 heteroatoms. The Balaban J connectivity index is 0.00000385. The molecular formula is C29H30O3. The van der Waals surface area contributed by atoms with Crippen molar-refractivity contribution in [1.82, 2.24) is 0 Å². The maximum atomic E-state index is 12.2. The molecule has 0 saturated heterocycles. The Labute approximate surface area is 191 Å². The van der Waals surface area contributed by atoms with E-state index < -0.39 is 0 Å². The fraction of sp³-hybridized carbons (Fsp3) is 0.138. The molecule has 0 N–H and O–H groups in total. The maximum absolute atomic E-state index is 12.2. The summed E-state index contributed by atoms with van der Waals surface area (Å²) in [6.45, 7) is 12.3. The van der Waals surface area contributed by atoms with Gasteiger partial charge in [-0.05, 0) is 53.6 Å². The first-order chi connectivity index (χ1) is 15.5. The van der Waals surface area contributed by atoms with Gasteiger partial charge in [0, 0.05) is 18.6 Å². The van der Waals surface area contributed by atoms with Gasteiger partial charge in [-0.15, -0.1) is 0 Å². The molecular weight excluding hydrogens is 396 g/mol. The van der Waals surface area contributed by atoms with Gasteiger partial charge in [-0.3, -0.25) is 4.79 Å². The third kappa shape index (κ3) is 6.08. The molecule has 3 rings (SSSR count). The van der Waals surface area contributed by atoms with Crippen molar-refractivity contribution in [2.45, 2.75) is 20.5 Å². The first-order valence-electron chi connectivity index (χ1n) is 10.5. The number of hydrogen-bond donors (Lipinski definition) is 0. The Bertz CT molecular complexity index is 1260. The third-order valence-corrected chi connectivity index (χ3v) is 5.06. The van der Waals surface area contributed by atoms with E-state index in [4.69, 9.17) is 9.47 Å². The summed E-state index contributed by atoms with van der Waals surface area (Å²) in [5, 5.41) is 2.08. The monoisotopic (exact) mass is 426 g/mol. The van der Waals surface area contributed by atoms with E-state index in [2.05, 4.69) is 13.2 Å². The number of rotatable bonds is 9. The summed E-state index contributed by atoms with van der Waals surface area (Å²) in [5.74, 6) is 1.30. The normalized spacial score (nSPS) is 11.8. The van der Waals surface area contributed by atoms with Crippen LogP contribution in [0.1, 0.15) is 29.8 Å². The van der Waals surface area contributed by atoms with Gasteiger partial charge in [-0.2, -0.15) is 0 Å². The highest BCUT2D eigenvalue weighted by Crippen LogP contribution is 2.23. The minimum absolute atomic E-state index is 0. The minimum Gasteiger partial charge on any atom is -0.489 e. The summed E-state index contributed by atoms with van der Waals surface area (Å²) in [4.78, 5) is 12.2. The highest BCUT2D eigenvalue weighted by atomic mass is 16.5. The largest absolute Gasteiger partial charge is 0.489 e. The number of ketones is 1. The van der Waals surface area contributed by atoms with E-state index >= 15 is 0 Å². The van der Waals surface area contributed by atoms with E-state index in [1.54, 1.807) is 0 Å². The molecule has 0 radical (unpaired) electrons. The molecule has 32 heavy (non-hydrogen) atoms. The number of carbonyl (C=O) groups is 1. The van der Waals surface area contributed by atoms with Crippen molar-refractivity contribution in [3.8, 4) is 11.5 Å². The SMILES string of the molecule is C=CC(=O)c1c(C)cccc1COc1cccc(OC/C(C)=C/C=c2/ccccc2=C)c1.[HH]. The molecule has 0 aromatic heterocycles. The number of allylic oxidation sites excluding steroid dienone is 2. The molecule has 0 heterocycles. The summed E-state index contributed by atoms with van der Waals surface area (Å²) in [6.07, 6.45) is 5.42. The Morgan fingerprint density at radius 3 is 2.47 bits per heavy atom. The second-order valence-electron chi connectivity index (χ2n) is 7.61. The summed E-state index contributed by atoms with van der Waals surface area (Å²) in [6, 6.07) is 21.3. The maximum Gasteiger partial charge on any atom is 0.185 e. The number of hydrogen-bond acceptors (Lipinski definition) is 3. The summed E-state index contributed by atoms with van der Waals surface area (Å²) >= 11 is 0. The van der Waals surface area contributed by atoms with Crippen LogP contribution in [0.5, 0.6) is 11.5 Å². The predicted octanol–water partition coefficient (Wildman–Crippen LogP) is 5.40. The van der Waals surface area contributed by atoms with E-state index in [0.29, 0.717) is 24.5 Å². The Morgan fingerprint density at radius 1 is 1.00 bits per heavy atom. The molecule has 0 bridgehead atoms. The van der Waals surface area contributed by atoms with E-state index in [-0.39, 0.29) is 7.21 Å². The molecule has 0 fully saturated rings. The molecule has 164 valence electrons. The molecule has 0 aliphatic heterocycles. The standard InChI is InChI=1S/C29H28O3.H2/c1-5-28(30)29-23(4)11-8-13-25(29)20-32-27-15-9-14-26(18-27)31-19-21(2)16-17-24-12-7-6-10-22(24)3;/h5-18H,1,3,19-20H2,2,4H3;1H/b21-16+,24-17-;. The van der Waals surface area contributed by atoms with Crippen LogP contribution in [0.4, 0.5) is 0 Å². The van der Waals surface area contributed by atoms with Gasteiger partial charge in [0.1, 0.15) is 24.7 Å². The molecule has 0 amide bonds. The molecule has 0 saturated carbocycles. The molecule has 0 atom stereocenters. The van der Waals surface area contributed by atoms with Crippen LogP contribution in [-0.4, -0.2) is 12.4 Å². The van der Waals surface area contributed by atoms with Crippen LogP contribution in [0.3, 0.4) is 0 Å². The van der Waals surface area contributed by atoms with E-state index in [1.807, 2.05) is 92.7 Å². The van der Waals surface area contributed by atoms with Crippen molar-refractivity contribution in [2.75, 3.05) is 6.61 Å². The van der Waals surface area contributed by atoms with Gasteiger partial charge in [0.2, 0.25) is 0 Å². The van der Waals surface area contributed by atoms with Crippen LogP contribution in [0, 0.1) is 6.92 Å². The smallest absolute Gasteiger partial charge is 0.185 e. The molecule has 0 unspecified atom stereocenters. The Hall–Kier alpha value is -3.85. The second-order valence-corrected chi connectivity index (χ2v) is 7.61. The second kappa shape index (κ2) is 11.0. The number of aryl methyl sites for hydroxylation is 1. The van der Waals surface area contributed by atoms with Gasteiger partial charge in [0.25, 0.3) is 0 Å². The molecule has 3 aromatic rings. The van der Waals surface area contributed by atoms with Gasteiger partial charge >= 0.3 is 0 Å². The van der Waals surface area contributed by atoms with Gasteiger partial charge < -0.3 is 9.47 Å². The lowest BCUT2D eigenvalue weighted by atomic mass is 9.98. The summed E-state index contributed by atoms with van der Waals surface area (Å²) < 4.78 is 11.9. The number of carbonyl (C=O) groups excluding carboxylic acids is 1. The fourth-order valence-corrected chi connectivity index (χ4v) is 3.29. The number of ether oxygens (including phenoxy) is 2. The fourth-order valence-electron chi connectivity index (χ4n) is 3.29. The van der Waals surface area contributed by atoms with Gasteiger partial charge in [0.05, 0.1) is 0 Å². The van der Waals surface area contributed by atoms with E-state index in [9.17, 15) is 4.79 Å². The zero-order valence-electron chi connectivity index (χ0n) is 18.6. The lowest BCUT2D eigenvalue weighted by molar-refractivity contribution is 0.104. The number of benzene rings is 3. The summed E-state index contributed by atoms with van der Waals surface area (Å²) in [5.41, 5.74) is 3.48. The Kier molecular flexibility index (Phi) is 7.82. The zero-order valence-corrected chi connectivity index (χ0v) is 18.6. The Morgan fingerprint density at radius 2 is 1.72 bits per heavy atom. The van der Waals surface area contributed by atoms with Crippen molar-refractivity contribution in [3.05, 3.63) is 118 Å². The van der Waals surface area contributed by atoms with E-state index in [1.165, 1.54) is 6.08 Å². The first-order valence-corrected chi connectivity index (χ1v) is 10.5. The van der Waals surface area contributed by atoms with Crippen LogP contribution in [0.25, 0.3) is 12.7 Å².